The van der Waals surface area contributed by atoms with Gasteiger partial charge >= 0.3 is 5.97 Å². The van der Waals surface area contributed by atoms with Crippen LogP contribution in [0.4, 0.5) is 0 Å². The highest BCUT2D eigenvalue weighted by molar-refractivity contribution is 9.10. The molecule has 0 bridgehead atoms. The van der Waals surface area contributed by atoms with Crippen molar-refractivity contribution in [2.75, 3.05) is 0 Å². The number of rotatable bonds is 12. The molecule has 0 radical (unpaired) electrons. The maximum absolute atomic E-state index is 10.9. The van der Waals surface area contributed by atoms with E-state index in [4.69, 9.17) is 5.11 Å². The Morgan fingerprint density at radius 3 is 1.72 bits per heavy atom. The van der Waals surface area contributed by atoms with Gasteiger partial charge in [0.2, 0.25) is 0 Å². The number of unbranched alkanes of at least 4 members (excludes halogenated alkanes) is 9. The van der Waals surface area contributed by atoms with E-state index in [2.05, 4.69) is 22.9 Å². The highest BCUT2D eigenvalue weighted by atomic mass is 79.9. The summed E-state index contributed by atoms with van der Waals surface area (Å²) in [6.07, 6.45) is 13.6. The van der Waals surface area contributed by atoms with Gasteiger partial charge in [-0.3, -0.25) is 4.79 Å². The number of alkyl halides is 1. The number of aliphatic carboxylic acids is 1. The van der Waals surface area contributed by atoms with Crippen LogP contribution >= 0.6 is 15.9 Å². The average Bonchev–Trinajstić information content (AvgIpc) is 2.31. The number of hydrogen-bond acceptors (Lipinski definition) is 1. The highest BCUT2D eigenvalue weighted by Gasteiger charge is 2.28. The van der Waals surface area contributed by atoms with Crippen molar-refractivity contribution in [1.82, 2.24) is 0 Å². The SMILES string of the molecule is CCCCCCCCCCCCC(C)(Br)C(=O)O. The van der Waals surface area contributed by atoms with Gasteiger partial charge in [0.1, 0.15) is 4.32 Å². The molecule has 3 heteroatoms. The lowest BCUT2D eigenvalue weighted by Gasteiger charge is -2.16. The van der Waals surface area contributed by atoms with E-state index < -0.39 is 10.3 Å². The molecular formula is C15H29BrO2. The van der Waals surface area contributed by atoms with Crippen molar-refractivity contribution in [2.24, 2.45) is 0 Å². The number of carbonyl (C=O) groups is 1. The molecule has 1 atom stereocenters. The van der Waals surface area contributed by atoms with Crippen molar-refractivity contribution in [3.05, 3.63) is 0 Å². The van der Waals surface area contributed by atoms with E-state index in [0.717, 1.165) is 19.3 Å². The fourth-order valence-corrected chi connectivity index (χ4v) is 2.33. The summed E-state index contributed by atoms with van der Waals surface area (Å²) >= 11 is 3.26. The Morgan fingerprint density at radius 2 is 1.33 bits per heavy atom. The van der Waals surface area contributed by atoms with E-state index in [0.29, 0.717) is 0 Å². The second kappa shape index (κ2) is 10.8. The quantitative estimate of drug-likeness (QED) is 0.379. The Hall–Kier alpha value is -0.0500. The number of carboxylic acids is 1. The van der Waals surface area contributed by atoms with E-state index in [-0.39, 0.29) is 0 Å². The van der Waals surface area contributed by atoms with Crippen LogP contribution in [0.2, 0.25) is 0 Å². The summed E-state index contributed by atoms with van der Waals surface area (Å²) in [5.74, 6) is -0.751. The molecule has 18 heavy (non-hydrogen) atoms. The molecule has 108 valence electrons. The van der Waals surface area contributed by atoms with Gasteiger partial charge in [0.15, 0.2) is 0 Å². The number of halogens is 1. The molecule has 0 aliphatic heterocycles. The first-order valence-corrected chi connectivity index (χ1v) is 8.22. The van der Waals surface area contributed by atoms with Crippen molar-refractivity contribution < 1.29 is 9.90 Å². The second-order valence-corrected chi connectivity index (χ2v) is 7.18. The molecule has 0 rings (SSSR count). The second-order valence-electron chi connectivity index (χ2n) is 5.43. The van der Waals surface area contributed by atoms with Crippen LogP contribution in [0.15, 0.2) is 0 Å². The summed E-state index contributed by atoms with van der Waals surface area (Å²) in [5.41, 5.74) is 0. The van der Waals surface area contributed by atoms with Gasteiger partial charge in [0, 0.05) is 0 Å². The Balaban J connectivity index is 3.24. The molecule has 0 amide bonds. The first kappa shape index (κ1) is 17.9. The minimum atomic E-state index is -0.751. The molecule has 0 aliphatic rings. The molecule has 0 fully saturated rings. The molecule has 0 saturated carbocycles. The Morgan fingerprint density at radius 1 is 0.944 bits per heavy atom. The van der Waals surface area contributed by atoms with Crippen molar-refractivity contribution in [1.29, 1.82) is 0 Å². The maximum Gasteiger partial charge on any atom is 0.320 e. The molecule has 0 saturated heterocycles. The van der Waals surface area contributed by atoms with Crippen molar-refractivity contribution >= 4 is 21.9 Å². The third kappa shape index (κ3) is 9.93. The van der Waals surface area contributed by atoms with Gasteiger partial charge in [0.25, 0.3) is 0 Å². The van der Waals surface area contributed by atoms with Crippen molar-refractivity contribution in [3.63, 3.8) is 0 Å². The molecule has 0 aromatic heterocycles. The van der Waals surface area contributed by atoms with Gasteiger partial charge in [-0.1, -0.05) is 87.1 Å². The fraction of sp³-hybridized carbons (Fsp3) is 0.933. The van der Waals surface area contributed by atoms with Crippen LogP contribution < -0.4 is 0 Å². The van der Waals surface area contributed by atoms with Crippen LogP contribution in [0.5, 0.6) is 0 Å². The van der Waals surface area contributed by atoms with E-state index in [1.807, 2.05) is 0 Å². The normalized spacial score (nSPS) is 14.4. The molecule has 0 aromatic rings. The zero-order valence-corrected chi connectivity index (χ0v) is 13.6. The molecule has 2 nitrogen and oxygen atoms in total. The lowest BCUT2D eigenvalue weighted by molar-refractivity contribution is -0.139. The van der Waals surface area contributed by atoms with Crippen LogP contribution in [0, 0.1) is 0 Å². The maximum atomic E-state index is 10.9. The number of carboxylic acid groups (broad SMARTS) is 1. The lowest BCUT2D eigenvalue weighted by Crippen LogP contribution is -2.27. The first-order valence-electron chi connectivity index (χ1n) is 7.43. The summed E-state index contributed by atoms with van der Waals surface area (Å²) in [7, 11) is 0. The van der Waals surface area contributed by atoms with Crippen LogP contribution in [0.25, 0.3) is 0 Å². The molecular weight excluding hydrogens is 292 g/mol. The van der Waals surface area contributed by atoms with E-state index >= 15 is 0 Å². The van der Waals surface area contributed by atoms with Gasteiger partial charge in [-0.25, -0.2) is 0 Å². The average molecular weight is 321 g/mol. The zero-order chi connectivity index (χ0) is 13.9. The molecule has 0 heterocycles. The predicted molar refractivity (Wildman–Crippen MR) is 81.4 cm³/mol. The molecule has 0 aromatic carbocycles. The standard InChI is InChI=1S/C15H29BrO2/c1-3-4-5-6-7-8-9-10-11-12-13-15(2,16)14(17)18/h3-13H2,1-2H3,(H,17,18). The minimum absolute atomic E-state index is 0.721. The molecule has 0 aliphatic carbocycles. The molecule has 0 spiro atoms. The third-order valence-electron chi connectivity index (χ3n) is 3.45. The Bertz CT molecular complexity index is 215. The van der Waals surface area contributed by atoms with Crippen LogP contribution in [-0.4, -0.2) is 15.4 Å². The first-order chi connectivity index (χ1) is 8.50. The summed E-state index contributed by atoms with van der Waals surface area (Å²) < 4.78 is -0.729. The van der Waals surface area contributed by atoms with E-state index in [9.17, 15) is 4.79 Å². The van der Waals surface area contributed by atoms with E-state index in [1.54, 1.807) is 6.92 Å². The van der Waals surface area contributed by atoms with Crippen LogP contribution in [-0.2, 0) is 4.79 Å². The minimum Gasteiger partial charge on any atom is -0.480 e. The Labute approximate surface area is 121 Å². The van der Waals surface area contributed by atoms with Crippen molar-refractivity contribution in [3.8, 4) is 0 Å². The lowest BCUT2D eigenvalue weighted by atomic mass is 10.0. The third-order valence-corrected chi connectivity index (χ3v) is 4.18. The predicted octanol–water partition coefficient (Wildman–Crippen LogP) is 5.54. The van der Waals surface area contributed by atoms with Gasteiger partial charge in [-0.15, -0.1) is 0 Å². The van der Waals surface area contributed by atoms with E-state index in [1.165, 1.54) is 51.4 Å². The molecule has 1 N–H and O–H groups in total. The van der Waals surface area contributed by atoms with Gasteiger partial charge in [0.05, 0.1) is 0 Å². The topological polar surface area (TPSA) is 37.3 Å². The van der Waals surface area contributed by atoms with Crippen molar-refractivity contribution in [2.45, 2.75) is 88.8 Å². The van der Waals surface area contributed by atoms with Crippen LogP contribution in [0.3, 0.4) is 0 Å². The smallest absolute Gasteiger partial charge is 0.320 e. The molecule has 1 unspecified atom stereocenters. The number of hydrogen-bond donors (Lipinski definition) is 1. The summed E-state index contributed by atoms with van der Waals surface area (Å²) in [6, 6.07) is 0. The van der Waals surface area contributed by atoms with Gasteiger partial charge in [-0.2, -0.15) is 0 Å². The summed E-state index contributed by atoms with van der Waals surface area (Å²) in [4.78, 5) is 10.9. The monoisotopic (exact) mass is 320 g/mol. The summed E-state index contributed by atoms with van der Waals surface area (Å²) in [6.45, 7) is 3.98. The largest absolute Gasteiger partial charge is 0.480 e. The Kier molecular flexibility index (Phi) is 10.8. The fourth-order valence-electron chi connectivity index (χ4n) is 2.05. The van der Waals surface area contributed by atoms with Gasteiger partial charge < -0.3 is 5.11 Å². The zero-order valence-electron chi connectivity index (χ0n) is 12.0. The highest BCUT2D eigenvalue weighted by Crippen LogP contribution is 2.25. The van der Waals surface area contributed by atoms with Crippen LogP contribution in [0.1, 0.15) is 84.5 Å². The summed E-state index contributed by atoms with van der Waals surface area (Å²) in [5, 5.41) is 8.94. The van der Waals surface area contributed by atoms with Gasteiger partial charge in [-0.05, 0) is 13.3 Å².